The third-order valence-electron chi connectivity index (χ3n) is 1.63. The maximum Gasteiger partial charge on any atom is 0.573 e. The predicted octanol–water partition coefficient (Wildman–Crippen LogP) is 2.85. The minimum Gasteiger partial charge on any atom is -0.405 e. The van der Waals surface area contributed by atoms with E-state index in [2.05, 4.69) is 20.7 Å². The van der Waals surface area contributed by atoms with Crippen LogP contribution in [0.2, 0.25) is 0 Å². The molecular weight excluding hydrogens is 303 g/mol. The van der Waals surface area contributed by atoms with E-state index < -0.39 is 18.0 Å². The van der Waals surface area contributed by atoms with Gasteiger partial charge in [0.1, 0.15) is 5.75 Å². The van der Waals surface area contributed by atoms with E-state index in [9.17, 15) is 18.0 Å². The molecule has 1 aromatic carbocycles. The number of rotatable bonds is 3. The third kappa shape index (κ3) is 4.90. The molecule has 0 bridgehead atoms. The number of halogens is 4. The molecule has 0 saturated carbocycles. The number of nitrogens with two attached hydrogens (primary N) is 1. The molecule has 0 aromatic heterocycles. The molecule has 3 nitrogen and oxygen atoms in total. The topological polar surface area (TPSA) is 52.3 Å². The summed E-state index contributed by atoms with van der Waals surface area (Å²) in [5.41, 5.74) is 4.95. The molecule has 17 heavy (non-hydrogen) atoms. The number of benzene rings is 1. The Labute approximate surface area is 103 Å². The highest BCUT2D eigenvalue weighted by atomic mass is 79.9. The summed E-state index contributed by atoms with van der Waals surface area (Å²) >= 11 is 3.02. The van der Waals surface area contributed by atoms with Crippen LogP contribution in [0.15, 0.2) is 28.7 Å². The normalized spacial score (nSPS) is 11.8. The Hall–Kier alpha value is -1.50. The second-order valence-electron chi connectivity index (χ2n) is 2.97. The minimum atomic E-state index is -4.80. The van der Waals surface area contributed by atoms with Crippen LogP contribution in [-0.4, -0.2) is 12.3 Å². The molecule has 0 atom stereocenters. The SMILES string of the molecule is NC(=O)C=Cc1ccc(Br)cc1OC(F)(F)F. The molecule has 0 aliphatic rings. The average molecular weight is 310 g/mol. The van der Waals surface area contributed by atoms with E-state index in [0.717, 1.165) is 18.2 Å². The van der Waals surface area contributed by atoms with Gasteiger partial charge in [0.25, 0.3) is 0 Å². The molecule has 1 aromatic rings. The van der Waals surface area contributed by atoms with Crippen LogP contribution >= 0.6 is 15.9 Å². The Morgan fingerprint density at radius 3 is 2.59 bits per heavy atom. The van der Waals surface area contributed by atoms with E-state index in [-0.39, 0.29) is 5.56 Å². The highest BCUT2D eigenvalue weighted by Gasteiger charge is 2.31. The van der Waals surface area contributed by atoms with Crippen LogP contribution in [-0.2, 0) is 4.79 Å². The van der Waals surface area contributed by atoms with Crippen molar-refractivity contribution >= 4 is 27.9 Å². The Morgan fingerprint density at radius 2 is 2.06 bits per heavy atom. The van der Waals surface area contributed by atoms with Gasteiger partial charge in [0, 0.05) is 16.1 Å². The standard InChI is InChI=1S/C10H7BrF3NO2/c11-7-3-1-6(2-4-9(15)16)8(5-7)17-10(12,13)14/h1-5H,(H2,15,16). The van der Waals surface area contributed by atoms with E-state index in [0.29, 0.717) is 4.47 Å². The lowest BCUT2D eigenvalue weighted by atomic mass is 10.2. The van der Waals surface area contributed by atoms with Gasteiger partial charge in [-0.05, 0) is 18.2 Å². The fourth-order valence-corrected chi connectivity index (χ4v) is 1.37. The van der Waals surface area contributed by atoms with E-state index in [1.165, 1.54) is 12.1 Å². The van der Waals surface area contributed by atoms with Crippen molar-refractivity contribution in [1.29, 1.82) is 0 Å². The van der Waals surface area contributed by atoms with Gasteiger partial charge in [-0.2, -0.15) is 0 Å². The number of hydrogen-bond acceptors (Lipinski definition) is 2. The molecule has 0 spiro atoms. The summed E-state index contributed by atoms with van der Waals surface area (Å²) in [6, 6.07) is 4.03. The van der Waals surface area contributed by atoms with E-state index in [1.807, 2.05) is 0 Å². The summed E-state index contributed by atoms with van der Waals surface area (Å²) in [7, 11) is 0. The second-order valence-corrected chi connectivity index (χ2v) is 3.88. The van der Waals surface area contributed by atoms with Crippen LogP contribution in [0.4, 0.5) is 13.2 Å². The number of alkyl halides is 3. The maximum atomic E-state index is 12.1. The molecule has 0 saturated heterocycles. The predicted molar refractivity (Wildman–Crippen MR) is 59.1 cm³/mol. The zero-order valence-electron chi connectivity index (χ0n) is 8.29. The molecule has 7 heteroatoms. The summed E-state index contributed by atoms with van der Waals surface area (Å²) in [4.78, 5) is 10.5. The van der Waals surface area contributed by atoms with E-state index in [1.54, 1.807) is 0 Å². The van der Waals surface area contributed by atoms with Gasteiger partial charge < -0.3 is 10.5 Å². The van der Waals surface area contributed by atoms with Crippen molar-refractivity contribution < 1.29 is 22.7 Å². The highest BCUT2D eigenvalue weighted by molar-refractivity contribution is 9.10. The lowest BCUT2D eigenvalue weighted by molar-refractivity contribution is -0.274. The second kappa shape index (κ2) is 5.22. The summed E-state index contributed by atoms with van der Waals surface area (Å²) in [6.07, 6.45) is -2.70. The Kier molecular flexibility index (Phi) is 4.17. The highest BCUT2D eigenvalue weighted by Crippen LogP contribution is 2.30. The zero-order chi connectivity index (χ0) is 13.1. The third-order valence-corrected chi connectivity index (χ3v) is 2.12. The zero-order valence-corrected chi connectivity index (χ0v) is 9.88. The first-order valence-electron chi connectivity index (χ1n) is 4.31. The molecule has 0 radical (unpaired) electrons. The van der Waals surface area contributed by atoms with Gasteiger partial charge in [-0.1, -0.05) is 22.0 Å². The molecular formula is C10H7BrF3NO2. The minimum absolute atomic E-state index is 0.101. The quantitative estimate of drug-likeness (QED) is 0.873. The molecule has 2 N–H and O–H groups in total. The van der Waals surface area contributed by atoms with Gasteiger partial charge in [-0.3, -0.25) is 4.79 Å². The van der Waals surface area contributed by atoms with Gasteiger partial charge in [-0.15, -0.1) is 13.2 Å². The van der Waals surface area contributed by atoms with Crippen molar-refractivity contribution in [2.75, 3.05) is 0 Å². The molecule has 0 aliphatic heterocycles. The summed E-state index contributed by atoms with van der Waals surface area (Å²) in [6.45, 7) is 0. The Balaban J connectivity index is 3.08. The summed E-state index contributed by atoms with van der Waals surface area (Å²) in [5, 5.41) is 0. The first kappa shape index (κ1) is 13.6. The lowest BCUT2D eigenvalue weighted by Crippen LogP contribution is -2.17. The Morgan fingerprint density at radius 1 is 1.41 bits per heavy atom. The number of amides is 1. The van der Waals surface area contributed by atoms with Crippen molar-refractivity contribution in [3.8, 4) is 5.75 Å². The number of primary amides is 1. The Bertz CT molecular complexity index is 457. The first-order chi connectivity index (χ1) is 7.78. The van der Waals surface area contributed by atoms with Gasteiger partial charge in [0.15, 0.2) is 0 Å². The van der Waals surface area contributed by atoms with E-state index in [4.69, 9.17) is 5.73 Å². The van der Waals surface area contributed by atoms with Crippen molar-refractivity contribution in [3.63, 3.8) is 0 Å². The summed E-state index contributed by atoms with van der Waals surface area (Å²) < 4.78 is 40.5. The molecule has 0 fully saturated rings. The molecule has 1 rings (SSSR count). The van der Waals surface area contributed by atoms with Crippen molar-refractivity contribution in [1.82, 2.24) is 0 Å². The number of ether oxygens (including phenoxy) is 1. The number of hydrogen-bond donors (Lipinski definition) is 1. The summed E-state index contributed by atoms with van der Waals surface area (Å²) in [5.74, 6) is -1.17. The fourth-order valence-electron chi connectivity index (χ4n) is 1.03. The monoisotopic (exact) mass is 309 g/mol. The molecule has 0 unspecified atom stereocenters. The molecule has 1 amide bonds. The van der Waals surface area contributed by atoms with Crippen LogP contribution in [0.25, 0.3) is 6.08 Å². The molecule has 0 heterocycles. The largest absolute Gasteiger partial charge is 0.573 e. The van der Waals surface area contributed by atoms with Gasteiger partial charge in [-0.25, -0.2) is 0 Å². The van der Waals surface area contributed by atoms with Gasteiger partial charge >= 0.3 is 6.36 Å². The maximum absolute atomic E-state index is 12.1. The van der Waals surface area contributed by atoms with Crippen molar-refractivity contribution in [2.45, 2.75) is 6.36 Å². The van der Waals surface area contributed by atoms with Gasteiger partial charge in [0.2, 0.25) is 5.91 Å². The van der Waals surface area contributed by atoms with Crippen LogP contribution in [0, 0.1) is 0 Å². The number of carbonyl (C=O) groups is 1. The van der Waals surface area contributed by atoms with Crippen LogP contribution < -0.4 is 10.5 Å². The van der Waals surface area contributed by atoms with Crippen molar-refractivity contribution in [3.05, 3.63) is 34.3 Å². The molecule has 92 valence electrons. The van der Waals surface area contributed by atoms with Crippen LogP contribution in [0.5, 0.6) is 5.75 Å². The first-order valence-corrected chi connectivity index (χ1v) is 5.10. The smallest absolute Gasteiger partial charge is 0.405 e. The van der Waals surface area contributed by atoms with Gasteiger partial charge in [0.05, 0.1) is 0 Å². The van der Waals surface area contributed by atoms with Crippen molar-refractivity contribution in [2.24, 2.45) is 5.73 Å². The molecule has 0 aliphatic carbocycles. The van der Waals surface area contributed by atoms with Crippen LogP contribution in [0.3, 0.4) is 0 Å². The average Bonchev–Trinajstić information content (AvgIpc) is 2.13. The lowest BCUT2D eigenvalue weighted by Gasteiger charge is -2.11. The fraction of sp³-hybridized carbons (Fsp3) is 0.100. The van der Waals surface area contributed by atoms with Crippen LogP contribution in [0.1, 0.15) is 5.56 Å². The number of carbonyl (C=O) groups excluding carboxylic acids is 1. The van der Waals surface area contributed by atoms with E-state index >= 15 is 0 Å².